The van der Waals surface area contributed by atoms with Crippen LogP contribution in [0.4, 0.5) is 0 Å². The SMILES string of the molecule is Cn1cc(-c2ccc(Cc3cc(C(=O)NC4CCCOC4)nc4ccsc34)cc2)nn1. The highest BCUT2D eigenvalue weighted by Gasteiger charge is 2.19. The lowest BCUT2D eigenvalue weighted by molar-refractivity contribution is 0.0622. The molecule has 1 atom stereocenters. The Bertz CT molecular complexity index is 1210. The molecule has 1 N–H and O–H groups in total. The highest BCUT2D eigenvalue weighted by Crippen LogP contribution is 2.27. The smallest absolute Gasteiger partial charge is 0.270 e. The molecule has 1 saturated heterocycles. The van der Waals surface area contributed by atoms with Crippen LogP contribution in [0.25, 0.3) is 21.5 Å². The van der Waals surface area contributed by atoms with Crippen LogP contribution in [0.1, 0.15) is 34.5 Å². The molecule has 7 nitrogen and oxygen atoms in total. The Morgan fingerprint density at radius 3 is 2.90 bits per heavy atom. The number of amides is 1. The summed E-state index contributed by atoms with van der Waals surface area (Å²) in [6.45, 7) is 1.34. The summed E-state index contributed by atoms with van der Waals surface area (Å²) in [5, 5.41) is 13.3. The molecule has 4 heterocycles. The molecule has 1 amide bonds. The number of aryl methyl sites for hydroxylation is 1. The Balaban J connectivity index is 1.38. The third-order valence-electron chi connectivity index (χ3n) is 5.46. The average molecular weight is 434 g/mol. The highest BCUT2D eigenvalue weighted by atomic mass is 32.1. The van der Waals surface area contributed by atoms with E-state index in [2.05, 4.69) is 44.9 Å². The number of fused-ring (bicyclic) bond motifs is 1. The largest absolute Gasteiger partial charge is 0.379 e. The lowest BCUT2D eigenvalue weighted by Crippen LogP contribution is -2.40. The molecule has 1 unspecified atom stereocenters. The first kappa shape index (κ1) is 19.8. The number of thiophene rings is 1. The molecule has 1 aliphatic heterocycles. The molecule has 158 valence electrons. The third kappa shape index (κ3) is 4.35. The van der Waals surface area contributed by atoms with Gasteiger partial charge in [0.05, 0.1) is 29.1 Å². The van der Waals surface area contributed by atoms with Crippen LogP contribution >= 0.6 is 11.3 Å². The van der Waals surface area contributed by atoms with E-state index in [4.69, 9.17) is 4.74 Å². The van der Waals surface area contributed by atoms with Crippen molar-refractivity contribution in [2.24, 2.45) is 7.05 Å². The van der Waals surface area contributed by atoms with Gasteiger partial charge in [0.1, 0.15) is 11.4 Å². The van der Waals surface area contributed by atoms with Crippen molar-refractivity contribution in [3.63, 3.8) is 0 Å². The summed E-state index contributed by atoms with van der Waals surface area (Å²) in [5.74, 6) is -0.136. The number of pyridine rings is 1. The summed E-state index contributed by atoms with van der Waals surface area (Å²) < 4.78 is 8.29. The minimum atomic E-state index is -0.136. The van der Waals surface area contributed by atoms with E-state index in [1.807, 2.05) is 30.8 Å². The normalized spacial score (nSPS) is 16.5. The summed E-state index contributed by atoms with van der Waals surface area (Å²) >= 11 is 1.66. The van der Waals surface area contributed by atoms with Crippen molar-refractivity contribution in [1.29, 1.82) is 0 Å². The predicted molar refractivity (Wildman–Crippen MR) is 120 cm³/mol. The van der Waals surface area contributed by atoms with Crippen LogP contribution in [0.15, 0.2) is 48.0 Å². The summed E-state index contributed by atoms with van der Waals surface area (Å²) in [5.41, 5.74) is 5.48. The van der Waals surface area contributed by atoms with Crippen molar-refractivity contribution in [2.45, 2.75) is 25.3 Å². The molecule has 0 bridgehead atoms. The van der Waals surface area contributed by atoms with Gasteiger partial charge in [-0.25, -0.2) is 4.98 Å². The van der Waals surface area contributed by atoms with Gasteiger partial charge >= 0.3 is 0 Å². The van der Waals surface area contributed by atoms with Crippen LogP contribution in [0.5, 0.6) is 0 Å². The topological polar surface area (TPSA) is 81.9 Å². The first-order valence-electron chi connectivity index (χ1n) is 10.4. The molecule has 8 heteroatoms. The van der Waals surface area contributed by atoms with Crippen molar-refractivity contribution < 1.29 is 9.53 Å². The van der Waals surface area contributed by atoms with Crippen LogP contribution in [0, 0.1) is 0 Å². The maximum absolute atomic E-state index is 12.8. The fourth-order valence-electron chi connectivity index (χ4n) is 3.88. The van der Waals surface area contributed by atoms with E-state index in [0.717, 1.165) is 52.9 Å². The number of benzene rings is 1. The molecule has 31 heavy (non-hydrogen) atoms. The van der Waals surface area contributed by atoms with Gasteiger partial charge in [-0.15, -0.1) is 16.4 Å². The zero-order chi connectivity index (χ0) is 21.2. The molecule has 5 rings (SSSR count). The van der Waals surface area contributed by atoms with Gasteiger partial charge in [0.15, 0.2) is 0 Å². The summed E-state index contributed by atoms with van der Waals surface area (Å²) in [6.07, 6.45) is 4.54. The molecule has 0 radical (unpaired) electrons. The van der Waals surface area contributed by atoms with Gasteiger partial charge in [0.2, 0.25) is 0 Å². The second kappa shape index (κ2) is 8.56. The van der Waals surface area contributed by atoms with E-state index < -0.39 is 0 Å². The second-order valence-corrected chi connectivity index (χ2v) is 8.76. The van der Waals surface area contributed by atoms with Gasteiger partial charge in [-0.1, -0.05) is 29.5 Å². The highest BCUT2D eigenvalue weighted by molar-refractivity contribution is 7.17. The molecule has 3 aromatic heterocycles. The number of hydrogen-bond donors (Lipinski definition) is 1. The Labute approximate surface area is 184 Å². The lowest BCUT2D eigenvalue weighted by atomic mass is 10.0. The lowest BCUT2D eigenvalue weighted by Gasteiger charge is -2.23. The van der Waals surface area contributed by atoms with Crippen molar-refractivity contribution in [2.75, 3.05) is 13.2 Å². The molecule has 1 aromatic carbocycles. The van der Waals surface area contributed by atoms with Gasteiger partial charge < -0.3 is 10.1 Å². The van der Waals surface area contributed by atoms with E-state index >= 15 is 0 Å². The van der Waals surface area contributed by atoms with Crippen LogP contribution in [-0.2, 0) is 18.2 Å². The molecule has 0 saturated carbocycles. The number of aromatic nitrogens is 4. The maximum Gasteiger partial charge on any atom is 0.270 e. The standard InChI is InChI=1S/C23H23N5O2S/c1-28-13-21(26-27-28)16-6-4-15(5-7-16)11-17-12-20(25-19-8-10-31-22(17)19)23(29)24-18-3-2-9-30-14-18/h4-8,10,12-13,18H,2-3,9,11,14H2,1H3,(H,24,29). The van der Waals surface area contributed by atoms with Gasteiger partial charge in [-0.3, -0.25) is 9.48 Å². The monoisotopic (exact) mass is 433 g/mol. The fraction of sp³-hybridized carbons (Fsp3) is 0.304. The molecule has 4 aromatic rings. The molecular formula is C23H23N5O2S. The van der Waals surface area contributed by atoms with E-state index in [9.17, 15) is 4.79 Å². The fourth-order valence-corrected chi connectivity index (χ4v) is 4.73. The minimum Gasteiger partial charge on any atom is -0.379 e. The van der Waals surface area contributed by atoms with E-state index in [1.54, 1.807) is 16.0 Å². The minimum absolute atomic E-state index is 0.0540. The number of nitrogens with zero attached hydrogens (tertiary/aromatic N) is 4. The van der Waals surface area contributed by atoms with E-state index in [-0.39, 0.29) is 11.9 Å². The number of hydrogen-bond acceptors (Lipinski definition) is 6. The first-order chi connectivity index (χ1) is 15.2. The summed E-state index contributed by atoms with van der Waals surface area (Å²) in [6, 6.07) is 12.3. The predicted octanol–water partition coefficient (Wildman–Crippen LogP) is 3.59. The molecule has 0 spiro atoms. The van der Waals surface area contributed by atoms with Crippen molar-refractivity contribution >= 4 is 27.5 Å². The van der Waals surface area contributed by atoms with E-state index in [1.165, 1.54) is 5.56 Å². The molecule has 0 aliphatic carbocycles. The Hall–Kier alpha value is -3.10. The number of carbonyl (C=O) groups excluding carboxylic acids is 1. The number of carbonyl (C=O) groups is 1. The van der Waals surface area contributed by atoms with E-state index in [0.29, 0.717) is 12.3 Å². The van der Waals surface area contributed by atoms with Gasteiger partial charge in [0, 0.05) is 19.2 Å². The Kier molecular flexibility index (Phi) is 5.48. The van der Waals surface area contributed by atoms with Gasteiger partial charge in [0.25, 0.3) is 5.91 Å². The number of nitrogens with one attached hydrogen (secondary N) is 1. The van der Waals surface area contributed by atoms with Crippen LogP contribution in [-0.4, -0.2) is 45.1 Å². The number of ether oxygens (including phenoxy) is 1. The second-order valence-electron chi connectivity index (χ2n) is 7.84. The Morgan fingerprint density at radius 2 is 2.16 bits per heavy atom. The van der Waals surface area contributed by atoms with Crippen LogP contribution < -0.4 is 5.32 Å². The quantitative estimate of drug-likeness (QED) is 0.520. The zero-order valence-electron chi connectivity index (χ0n) is 17.2. The van der Waals surface area contributed by atoms with Gasteiger partial charge in [-0.05, 0) is 47.9 Å². The molecular weight excluding hydrogens is 410 g/mol. The first-order valence-corrected chi connectivity index (χ1v) is 11.2. The zero-order valence-corrected chi connectivity index (χ0v) is 18.1. The van der Waals surface area contributed by atoms with Crippen LogP contribution in [0.2, 0.25) is 0 Å². The van der Waals surface area contributed by atoms with Crippen molar-refractivity contribution in [1.82, 2.24) is 25.3 Å². The van der Waals surface area contributed by atoms with Crippen LogP contribution in [0.3, 0.4) is 0 Å². The number of rotatable bonds is 5. The Morgan fingerprint density at radius 1 is 1.29 bits per heavy atom. The average Bonchev–Trinajstić information content (AvgIpc) is 3.44. The van der Waals surface area contributed by atoms with Crippen molar-refractivity contribution in [3.05, 3.63) is 64.8 Å². The van der Waals surface area contributed by atoms with Gasteiger partial charge in [-0.2, -0.15) is 0 Å². The molecule has 1 aliphatic rings. The summed E-state index contributed by atoms with van der Waals surface area (Å²) in [4.78, 5) is 17.4. The van der Waals surface area contributed by atoms with Crippen molar-refractivity contribution in [3.8, 4) is 11.3 Å². The molecule has 1 fully saturated rings. The third-order valence-corrected chi connectivity index (χ3v) is 6.44. The maximum atomic E-state index is 12.8. The summed E-state index contributed by atoms with van der Waals surface area (Å²) in [7, 11) is 1.86.